The summed E-state index contributed by atoms with van der Waals surface area (Å²) in [6.07, 6.45) is 3.13. The minimum Gasteiger partial charge on any atom is -0.439 e. The maximum absolute atomic E-state index is 12.2. The predicted molar refractivity (Wildman–Crippen MR) is 115 cm³/mol. The van der Waals surface area contributed by atoms with Crippen LogP contribution in [0.2, 0.25) is 0 Å². The van der Waals surface area contributed by atoms with Crippen molar-refractivity contribution in [1.29, 1.82) is 0 Å². The van der Waals surface area contributed by atoms with Crippen LogP contribution < -0.4 is 10.1 Å². The van der Waals surface area contributed by atoms with Crippen molar-refractivity contribution < 1.29 is 14.1 Å². The molecule has 0 saturated heterocycles. The Morgan fingerprint density at radius 1 is 1.13 bits per heavy atom. The molecule has 0 aliphatic rings. The summed E-state index contributed by atoms with van der Waals surface area (Å²) in [5.74, 6) is 2.36. The fourth-order valence-electron chi connectivity index (χ4n) is 2.70. The number of aryl methyl sites for hydroxylation is 3. The lowest BCUT2D eigenvalue weighted by Crippen LogP contribution is -2.13. The topological polar surface area (TPSA) is 90.1 Å². The molecule has 0 aliphatic heterocycles. The molecule has 3 aromatic rings. The van der Waals surface area contributed by atoms with Gasteiger partial charge in [0.05, 0.1) is 11.9 Å². The Bertz CT molecular complexity index is 1000. The zero-order chi connectivity index (χ0) is 21.7. The Morgan fingerprint density at radius 3 is 2.57 bits per heavy atom. The number of rotatable bonds is 7. The Balaban J connectivity index is 1.46. The zero-order valence-corrected chi connectivity index (χ0v) is 18.2. The average Bonchev–Trinajstić information content (AvgIpc) is 3.16. The first-order valence-corrected chi connectivity index (χ1v) is 10.0. The molecule has 1 N–H and O–H groups in total. The quantitative estimate of drug-likeness (QED) is 0.583. The van der Waals surface area contributed by atoms with Gasteiger partial charge in [-0.15, -0.1) is 0 Å². The van der Waals surface area contributed by atoms with E-state index in [4.69, 9.17) is 9.26 Å². The molecule has 0 fully saturated rings. The summed E-state index contributed by atoms with van der Waals surface area (Å²) >= 11 is 0. The van der Waals surface area contributed by atoms with E-state index in [9.17, 15) is 4.79 Å². The van der Waals surface area contributed by atoms with Gasteiger partial charge in [-0.1, -0.05) is 32.0 Å². The molecular weight excluding hydrogens is 380 g/mol. The lowest BCUT2D eigenvalue weighted by atomic mass is 9.96. The van der Waals surface area contributed by atoms with Crippen LogP contribution in [0.25, 0.3) is 0 Å². The van der Waals surface area contributed by atoms with E-state index in [0.29, 0.717) is 42.5 Å². The van der Waals surface area contributed by atoms with E-state index in [1.54, 1.807) is 18.3 Å². The molecule has 7 nitrogen and oxygen atoms in total. The first kappa shape index (κ1) is 21.5. The van der Waals surface area contributed by atoms with Crippen molar-refractivity contribution in [3.05, 3.63) is 59.4 Å². The summed E-state index contributed by atoms with van der Waals surface area (Å²) in [4.78, 5) is 20.8. The molecule has 158 valence electrons. The second-order valence-corrected chi connectivity index (χ2v) is 8.40. The molecule has 0 radical (unpaired) electrons. The molecule has 0 spiro atoms. The average molecular weight is 409 g/mol. The molecule has 0 bridgehead atoms. The molecule has 0 atom stereocenters. The highest BCUT2D eigenvalue weighted by atomic mass is 16.5. The van der Waals surface area contributed by atoms with Gasteiger partial charge in [-0.3, -0.25) is 4.79 Å². The Morgan fingerprint density at radius 2 is 1.93 bits per heavy atom. The molecule has 0 unspecified atom stereocenters. The summed E-state index contributed by atoms with van der Waals surface area (Å²) < 4.78 is 11.0. The first-order valence-electron chi connectivity index (χ1n) is 10.0. The molecule has 0 aliphatic carbocycles. The first-order chi connectivity index (χ1) is 14.2. The van der Waals surface area contributed by atoms with Crippen LogP contribution in [-0.2, 0) is 16.6 Å². The van der Waals surface area contributed by atoms with Crippen molar-refractivity contribution in [2.45, 2.75) is 59.3 Å². The third kappa shape index (κ3) is 5.89. The van der Waals surface area contributed by atoms with Gasteiger partial charge in [0.1, 0.15) is 5.75 Å². The van der Waals surface area contributed by atoms with Crippen LogP contribution in [0.5, 0.6) is 11.6 Å². The maximum atomic E-state index is 12.2. The number of aromatic nitrogens is 3. The van der Waals surface area contributed by atoms with Crippen molar-refractivity contribution in [3.63, 3.8) is 0 Å². The van der Waals surface area contributed by atoms with Crippen LogP contribution in [0, 0.1) is 13.8 Å². The lowest BCUT2D eigenvalue weighted by molar-refractivity contribution is -0.116. The monoisotopic (exact) mass is 408 g/mol. The molecule has 1 amide bonds. The predicted octanol–water partition coefficient (Wildman–Crippen LogP) is 5.13. The Kier molecular flexibility index (Phi) is 6.50. The highest BCUT2D eigenvalue weighted by molar-refractivity contribution is 5.90. The van der Waals surface area contributed by atoms with Gasteiger partial charge in [0.15, 0.2) is 5.82 Å². The second-order valence-electron chi connectivity index (χ2n) is 8.40. The standard InChI is InChI=1S/C23H28N4O3/c1-15-9-11-18(13-16(15)2)29-20-12-10-17(14-24-20)25-19(28)7-6-8-21-26-22(27-30-21)23(3,4)5/h9-14H,6-8H2,1-5H3,(H,25,28). The van der Waals surface area contributed by atoms with Crippen molar-refractivity contribution in [3.8, 4) is 11.6 Å². The van der Waals surface area contributed by atoms with Crippen LogP contribution in [0.4, 0.5) is 5.69 Å². The van der Waals surface area contributed by atoms with E-state index < -0.39 is 0 Å². The highest BCUT2D eigenvalue weighted by Gasteiger charge is 2.20. The SMILES string of the molecule is Cc1ccc(Oc2ccc(NC(=O)CCCc3nc(C(C)(C)C)no3)cn2)cc1C. The van der Waals surface area contributed by atoms with E-state index >= 15 is 0 Å². The lowest BCUT2D eigenvalue weighted by Gasteiger charge is -2.10. The number of ether oxygens (including phenoxy) is 1. The van der Waals surface area contributed by atoms with Gasteiger partial charge in [0.25, 0.3) is 0 Å². The summed E-state index contributed by atoms with van der Waals surface area (Å²) in [5, 5.41) is 6.84. The van der Waals surface area contributed by atoms with Crippen LogP contribution in [0.1, 0.15) is 56.5 Å². The Hall–Kier alpha value is -3.22. The largest absolute Gasteiger partial charge is 0.439 e. The Labute approximate surface area is 176 Å². The van der Waals surface area contributed by atoms with Crippen molar-refractivity contribution in [1.82, 2.24) is 15.1 Å². The van der Waals surface area contributed by atoms with Gasteiger partial charge in [0, 0.05) is 24.3 Å². The van der Waals surface area contributed by atoms with E-state index in [1.807, 2.05) is 45.9 Å². The van der Waals surface area contributed by atoms with Gasteiger partial charge in [0.2, 0.25) is 17.7 Å². The summed E-state index contributed by atoms with van der Waals surface area (Å²) in [5.41, 5.74) is 2.84. The normalized spacial score (nSPS) is 11.4. The molecule has 7 heteroatoms. The molecule has 1 aromatic carbocycles. The fraction of sp³-hybridized carbons (Fsp3) is 0.391. The molecular formula is C23H28N4O3. The van der Waals surface area contributed by atoms with E-state index in [1.165, 1.54) is 5.56 Å². The zero-order valence-electron chi connectivity index (χ0n) is 18.2. The maximum Gasteiger partial charge on any atom is 0.226 e. The van der Waals surface area contributed by atoms with Crippen LogP contribution in [0.15, 0.2) is 41.1 Å². The number of benzene rings is 1. The fourth-order valence-corrected chi connectivity index (χ4v) is 2.70. The molecule has 30 heavy (non-hydrogen) atoms. The highest BCUT2D eigenvalue weighted by Crippen LogP contribution is 2.23. The molecule has 0 saturated carbocycles. The number of nitrogens with one attached hydrogen (secondary N) is 1. The number of pyridine rings is 1. The molecule has 2 heterocycles. The van der Waals surface area contributed by atoms with Crippen LogP contribution in [0.3, 0.4) is 0 Å². The number of hydrogen-bond acceptors (Lipinski definition) is 6. The van der Waals surface area contributed by atoms with Gasteiger partial charge in [-0.05, 0) is 49.6 Å². The van der Waals surface area contributed by atoms with Crippen LogP contribution >= 0.6 is 0 Å². The third-order valence-corrected chi connectivity index (χ3v) is 4.65. The van der Waals surface area contributed by atoms with Gasteiger partial charge >= 0.3 is 0 Å². The van der Waals surface area contributed by atoms with Crippen molar-refractivity contribution in [2.75, 3.05) is 5.32 Å². The van der Waals surface area contributed by atoms with Crippen molar-refractivity contribution in [2.24, 2.45) is 0 Å². The number of nitrogens with zero attached hydrogens (tertiary/aromatic N) is 3. The van der Waals surface area contributed by atoms with E-state index in [-0.39, 0.29) is 11.3 Å². The van der Waals surface area contributed by atoms with Crippen molar-refractivity contribution >= 4 is 11.6 Å². The summed E-state index contributed by atoms with van der Waals surface area (Å²) in [6, 6.07) is 9.40. The number of anilines is 1. The number of amides is 1. The minimum atomic E-state index is -0.152. The second kappa shape index (κ2) is 9.07. The smallest absolute Gasteiger partial charge is 0.226 e. The van der Waals surface area contributed by atoms with Gasteiger partial charge in [-0.2, -0.15) is 4.98 Å². The number of carbonyl (C=O) groups excluding carboxylic acids is 1. The van der Waals surface area contributed by atoms with Gasteiger partial charge < -0.3 is 14.6 Å². The number of carbonyl (C=O) groups is 1. The molecule has 3 rings (SSSR count). The summed E-state index contributed by atoms with van der Waals surface area (Å²) in [6.45, 7) is 10.2. The summed E-state index contributed by atoms with van der Waals surface area (Å²) in [7, 11) is 0. The van der Waals surface area contributed by atoms with Gasteiger partial charge in [-0.25, -0.2) is 4.98 Å². The van der Waals surface area contributed by atoms with Crippen LogP contribution in [-0.4, -0.2) is 21.0 Å². The minimum absolute atomic E-state index is 0.0878. The third-order valence-electron chi connectivity index (χ3n) is 4.65. The van der Waals surface area contributed by atoms with E-state index in [0.717, 1.165) is 11.3 Å². The van der Waals surface area contributed by atoms with E-state index in [2.05, 4.69) is 27.4 Å². The number of hydrogen-bond donors (Lipinski definition) is 1. The molecule has 2 aromatic heterocycles.